The molecule has 9 nitrogen and oxygen atoms in total. The van der Waals surface area contributed by atoms with Crippen molar-refractivity contribution in [3.05, 3.63) is 17.5 Å². The summed E-state index contributed by atoms with van der Waals surface area (Å²) in [7, 11) is 3.67. The number of aromatic nitrogens is 2. The smallest absolute Gasteiger partial charge is 0.407 e. The molecular formula is C28H48N4O5. The molecule has 4 rings (SSSR count). The van der Waals surface area contributed by atoms with Gasteiger partial charge in [0.1, 0.15) is 6.23 Å². The molecule has 3 fully saturated rings. The number of rotatable bonds is 10. The third-order valence-corrected chi connectivity index (χ3v) is 8.64. The molecular weight excluding hydrogens is 472 g/mol. The van der Waals surface area contributed by atoms with E-state index in [4.69, 9.17) is 19.3 Å². The predicted octanol–water partition coefficient (Wildman–Crippen LogP) is 4.73. The highest BCUT2D eigenvalue weighted by molar-refractivity contribution is 5.64. The Morgan fingerprint density at radius 3 is 2.65 bits per heavy atom. The summed E-state index contributed by atoms with van der Waals surface area (Å²) >= 11 is 0. The number of ether oxygens (including phenoxy) is 3. The average Bonchev–Trinajstić information content (AvgIpc) is 3.31. The van der Waals surface area contributed by atoms with Crippen molar-refractivity contribution in [2.24, 2.45) is 11.3 Å². The number of hydrogen-bond donors (Lipinski definition) is 1. The Balaban J connectivity index is 1.47. The van der Waals surface area contributed by atoms with Crippen LogP contribution in [0.5, 0.6) is 0 Å². The van der Waals surface area contributed by atoms with Crippen molar-refractivity contribution in [3.63, 3.8) is 0 Å². The largest absolute Gasteiger partial charge is 0.465 e. The van der Waals surface area contributed by atoms with E-state index in [0.29, 0.717) is 24.9 Å². The summed E-state index contributed by atoms with van der Waals surface area (Å²) in [6.07, 6.45) is 10.2. The molecule has 9 heteroatoms. The predicted molar refractivity (Wildman–Crippen MR) is 142 cm³/mol. The van der Waals surface area contributed by atoms with E-state index in [-0.39, 0.29) is 17.7 Å². The van der Waals surface area contributed by atoms with Crippen LogP contribution in [0.4, 0.5) is 4.79 Å². The minimum absolute atomic E-state index is 0.00491. The maximum absolute atomic E-state index is 11.2. The molecule has 1 N–H and O–H groups in total. The number of likely N-dealkylation sites (N-methyl/N-ethyl adjacent to an activating group) is 2. The molecule has 0 aromatic carbocycles. The molecule has 1 aliphatic carbocycles. The van der Waals surface area contributed by atoms with Crippen molar-refractivity contribution in [2.75, 3.05) is 53.6 Å². The van der Waals surface area contributed by atoms with E-state index in [2.05, 4.69) is 36.7 Å². The Kier molecular flexibility index (Phi) is 9.89. The molecule has 3 aliphatic rings. The highest BCUT2D eigenvalue weighted by atomic mass is 16.5. The molecule has 0 spiro atoms. The number of carboxylic acid groups (broad SMARTS) is 1. The number of carbonyl (C=O) groups is 1. The first-order valence-electron chi connectivity index (χ1n) is 14.2. The first-order valence-corrected chi connectivity index (χ1v) is 14.2. The van der Waals surface area contributed by atoms with Crippen LogP contribution in [0, 0.1) is 11.3 Å². The highest BCUT2D eigenvalue weighted by Gasteiger charge is 2.40. The molecule has 0 radical (unpaired) electrons. The molecule has 2 unspecified atom stereocenters. The second-order valence-electron chi connectivity index (χ2n) is 12.1. The Bertz CT molecular complexity index is 863. The van der Waals surface area contributed by atoms with Gasteiger partial charge in [-0.3, -0.25) is 0 Å². The minimum Gasteiger partial charge on any atom is -0.465 e. The maximum Gasteiger partial charge on any atom is 0.407 e. The molecule has 1 aromatic rings. The molecule has 1 saturated carbocycles. The number of amides is 1. The molecule has 1 amide bonds. The van der Waals surface area contributed by atoms with Gasteiger partial charge in [-0.15, -0.1) is 0 Å². The van der Waals surface area contributed by atoms with Gasteiger partial charge in [-0.1, -0.05) is 13.8 Å². The Morgan fingerprint density at radius 2 is 1.95 bits per heavy atom. The van der Waals surface area contributed by atoms with Crippen molar-refractivity contribution in [2.45, 2.75) is 90.0 Å². The molecule has 3 atom stereocenters. The van der Waals surface area contributed by atoms with E-state index in [9.17, 15) is 9.90 Å². The second kappa shape index (κ2) is 12.9. The van der Waals surface area contributed by atoms with Crippen molar-refractivity contribution >= 4 is 6.09 Å². The minimum atomic E-state index is -0.895. The van der Waals surface area contributed by atoms with Crippen LogP contribution >= 0.6 is 0 Å². The summed E-state index contributed by atoms with van der Waals surface area (Å²) in [4.78, 5) is 14.7. The van der Waals surface area contributed by atoms with Crippen molar-refractivity contribution in [1.29, 1.82) is 0 Å². The van der Waals surface area contributed by atoms with E-state index in [1.807, 2.05) is 0 Å². The fourth-order valence-electron chi connectivity index (χ4n) is 5.88. The lowest BCUT2D eigenvalue weighted by Gasteiger charge is -2.42. The maximum atomic E-state index is 11.2. The van der Waals surface area contributed by atoms with Gasteiger partial charge < -0.3 is 29.1 Å². The van der Waals surface area contributed by atoms with Crippen LogP contribution in [0.1, 0.15) is 88.6 Å². The average molecular weight is 521 g/mol. The summed E-state index contributed by atoms with van der Waals surface area (Å²) in [5.41, 5.74) is 2.54. The van der Waals surface area contributed by atoms with Gasteiger partial charge in [0.25, 0.3) is 0 Å². The van der Waals surface area contributed by atoms with Gasteiger partial charge >= 0.3 is 6.09 Å². The van der Waals surface area contributed by atoms with Gasteiger partial charge in [0.2, 0.25) is 0 Å². The van der Waals surface area contributed by atoms with Crippen molar-refractivity contribution in [1.82, 2.24) is 19.6 Å². The van der Waals surface area contributed by atoms with Crippen LogP contribution in [0.3, 0.4) is 0 Å². The quantitative estimate of drug-likeness (QED) is 0.477. The monoisotopic (exact) mass is 520 g/mol. The van der Waals surface area contributed by atoms with Gasteiger partial charge in [-0.05, 0) is 69.7 Å². The third kappa shape index (κ3) is 7.68. The lowest BCUT2D eigenvalue weighted by molar-refractivity contribution is -0.0799. The number of hydrogen-bond acceptors (Lipinski definition) is 6. The first kappa shape index (κ1) is 28.3. The standard InChI is InChI=1S/C28H48N4O5/c1-28(2)11-8-22(17-24(28)37-20-21-9-15-35-16-10-21)26-23(18-30(3)12-13-31(4)27(33)34)19-32(29-26)25-7-5-6-14-36-25/h19,21-22,24-25H,5-18,20H2,1-4H3,(H,33,34)/t22?,24-,25?/m1/s1. The van der Waals surface area contributed by atoms with Gasteiger partial charge in [-0.2, -0.15) is 5.10 Å². The summed E-state index contributed by atoms with van der Waals surface area (Å²) in [6, 6.07) is 0. The zero-order chi connectivity index (χ0) is 26.4. The van der Waals surface area contributed by atoms with Crippen LogP contribution in [-0.4, -0.2) is 90.5 Å². The van der Waals surface area contributed by atoms with Gasteiger partial charge in [0, 0.05) is 70.8 Å². The zero-order valence-electron chi connectivity index (χ0n) is 23.4. The summed E-state index contributed by atoms with van der Waals surface area (Å²) in [5.74, 6) is 0.948. The fraction of sp³-hybridized carbons (Fsp3) is 0.857. The molecule has 37 heavy (non-hydrogen) atoms. The van der Waals surface area contributed by atoms with Gasteiger partial charge in [0.05, 0.1) is 11.8 Å². The van der Waals surface area contributed by atoms with Gasteiger partial charge in [0.15, 0.2) is 0 Å². The molecule has 1 aromatic heterocycles. The topological polar surface area (TPSA) is 89.3 Å². The summed E-state index contributed by atoms with van der Waals surface area (Å²) in [6.45, 7) is 9.89. The van der Waals surface area contributed by atoms with Crippen LogP contribution in [-0.2, 0) is 20.8 Å². The second-order valence-corrected chi connectivity index (χ2v) is 12.1. The van der Waals surface area contributed by atoms with Crippen LogP contribution in [0.15, 0.2) is 6.20 Å². The molecule has 210 valence electrons. The highest BCUT2D eigenvalue weighted by Crippen LogP contribution is 2.45. The van der Waals surface area contributed by atoms with E-state index in [1.54, 1.807) is 7.05 Å². The van der Waals surface area contributed by atoms with E-state index in [0.717, 1.165) is 84.3 Å². The van der Waals surface area contributed by atoms with E-state index < -0.39 is 6.09 Å². The SMILES string of the molecule is CN(CCN(C)C(=O)O)Cc1cn(C2CCCCO2)nc1C1CCC(C)(C)[C@H](OCC2CCOCC2)C1. The normalized spacial score (nSPS) is 26.9. The summed E-state index contributed by atoms with van der Waals surface area (Å²) < 4.78 is 20.3. The molecule has 2 saturated heterocycles. The van der Waals surface area contributed by atoms with Crippen LogP contribution in [0.2, 0.25) is 0 Å². The van der Waals surface area contributed by atoms with E-state index >= 15 is 0 Å². The van der Waals surface area contributed by atoms with Crippen LogP contribution in [0.25, 0.3) is 0 Å². The Hall–Kier alpha value is -1.68. The third-order valence-electron chi connectivity index (χ3n) is 8.64. The molecule has 3 heterocycles. The Morgan fingerprint density at radius 1 is 1.16 bits per heavy atom. The number of nitrogens with zero attached hydrogens (tertiary/aromatic N) is 4. The Labute approximate surface area is 222 Å². The lowest BCUT2D eigenvalue weighted by atomic mass is 9.69. The first-order chi connectivity index (χ1) is 17.7. The van der Waals surface area contributed by atoms with Crippen molar-refractivity contribution in [3.8, 4) is 0 Å². The van der Waals surface area contributed by atoms with E-state index in [1.165, 1.54) is 16.2 Å². The fourth-order valence-corrected chi connectivity index (χ4v) is 5.88. The molecule has 2 aliphatic heterocycles. The van der Waals surface area contributed by atoms with Crippen molar-refractivity contribution < 1.29 is 24.1 Å². The lowest BCUT2D eigenvalue weighted by Crippen LogP contribution is -2.39. The summed E-state index contributed by atoms with van der Waals surface area (Å²) in [5, 5.41) is 14.4. The van der Waals surface area contributed by atoms with Crippen LogP contribution < -0.4 is 0 Å². The zero-order valence-corrected chi connectivity index (χ0v) is 23.4. The molecule has 0 bridgehead atoms. The van der Waals surface area contributed by atoms with Gasteiger partial charge in [-0.25, -0.2) is 9.48 Å².